The van der Waals surface area contributed by atoms with Crippen LogP contribution in [-0.2, 0) is 16.1 Å². The summed E-state index contributed by atoms with van der Waals surface area (Å²) in [4.78, 5) is 26.0. The Bertz CT molecular complexity index is 569. The fourth-order valence-corrected chi connectivity index (χ4v) is 2.68. The topological polar surface area (TPSA) is 67.9 Å². The standard InChI is InChI=1S/C19H28N2O4/c1-19(2,3)25-18(23)21-12-8-7-11-16(13-21)20-17(22)24-14-15-9-5-4-6-10-15/h4-6,9-10,16H,7-8,11-14H2,1-3H3,(H,20,22). The van der Waals surface area contributed by atoms with Gasteiger partial charge in [0.05, 0.1) is 0 Å². The molecule has 2 amide bonds. The lowest BCUT2D eigenvalue weighted by molar-refractivity contribution is 0.0241. The number of carbonyl (C=O) groups is 2. The van der Waals surface area contributed by atoms with Crippen LogP contribution in [0.1, 0.15) is 45.6 Å². The molecular weight excluding hydrogens is 320 g/mol. The molecule has 0 radical (unpaired) electrons. The van der Waals surface area contributed by atoms with Crippen molar-refractivity contribution in [1.29, 1.82) is 0 Å². The van der Waals surface area contributed by atoms with Gasteiger partial charge in [0.15, 0.2) is 0 Å². The smallest absolute Gasteiger partial charge is 0.410 e. The van der Waals surface area contributed by atoms with E-state index in [1.807, 2.05) is 51.1 Å². The molecule has 6 heteroatoms. The summed E-state index contributed by atoms with van der Waals surface area (Å²) >= 11 is 0. The lowest BCUT2D eigenvalue weighted by Crippen LogP contribution is -2.46. The van der Waals surface area contributed by atoms with Crippen molar-refractivity contribution in [3.05, 3.63) is 35.9 Å². The summed E-state index contributed by atoms with van der Waals surface area (Å²) in [6.07, 6.45) is 1.87. The van der Waals surface area contributed by atoms with E-state index in [1.165, 1.54) is 0 Å². The number of benzene rings is 1. The zero-order chi connectivity index (χ0) is 18.3. The number of nitrogens with zero attached hydrogens (tertiary/aromatic N) is 1. The minimum atomic E-state index is -0.527. The fourth-order valence-electron chi connectivity index (χ4n) is 2.68. The zero-order valence-electron chi connectivity index (χ0n) is 15.3. The first-order valence-electron chi connectivity index (χ1n) is 8.78. The van der Waals surface area contributed by atoms with Crippen LogP contribution in [-0.4, -0.2) is 41.8 Å². The van der Waals surface area contributed by atoms with E-state index in [0.29, 0.717) is 13.1 Å². The Morgan fingerprint density at radius 1 is 1.20 bits per heavy atom. The molecule has 0 aliphatic carbocycles. The van der Waals surface area contributed by atoms with Crippen LogP contribution in [0.4, 0.5) is 9.59 Å². The molecule has 1 aliphatic rings. The van der Waals surface area contributed by atoms with E-state index in [0.717, 1.165) is 24.8 Å². The molecule has 2 rings (SSSR count). The first kappa shape index (κ1) is 19.1. The maximum absolute atomic E-state index is 12.3. The van der Waals surface area contributed by atoms with E-state index >= 15 is 0 Å². The van der Waals surface area contributed by atoms with Gasteiger partial charge in [-0.3, -0.25) is 0 Å². The van der Waals surface area contributed by atoms with Crippen LogP contribution in [0.3, 0.4) is 0 Å². The number of alkyl carbamates (subject to hydrolysis) is 1. The third kappa shape index (κ3) is 7.03. The number of rotatable bonds is 3. The lowest BCUT2D eigenvalue weighted by atomic mass is 10.1. The van der Waals surface area contributed by atoms with Gasteiger partial charge in [-0.05, 0) is 45.6 Å². The van der Waals surface area contributed by atoms with Crippen LogP contribution in [0.25, 0.3) is 0 Å². The highest BCUT2D eigenvalue weighted by atomic mass is 16.6. The van der Waals surface area contributed by atoms with Crippen molar-refractivity contribution >= 4 is 12.2 Å². The molecule has 1 aromatic carbocycles. The Morgan fingerprint density at radius 2 is 1.92 bits per heavy atom. The SMILES string of the molecule is CC(C)(C)OC(=O)N1CCCCC(NC(=O)OCc2ccccc2)C1. The number of nitrogens with one attached hydrogen (secondary N) is 1. The molecular formula is C19H28N2O4. The van der Waals surface area contributed by atoms with E-state index < -0.39 is 11.7 Å². The molecule has 25 heavy (non-hydrogen) atoms. The number of likely N-dealkylation sites (tertiary alicyclic amines) is 1. The third-order valence-corrected chi connectivity index (χ3v) is 3.86. The van der Waals surface area contributed by atoms with Crippen LogP contribution in [0.15, 0.2) is 30.3 Å². The first-order chi connectivity index (χ1) is 11.8. The molecule has 6 nitrogen and oxygen atoms in total. The van der Waals surface area contributed by atoms with Crippen molar-refractivity contribution in [3.63, 3.8) is 0 Å². The van der Waals surface area contributed by atoms with Crippen LogP contribution in [0.5, 0.6) is 0 Å². The van der Waals surface area contributed by atoms with Gasteiger partial charge in [0.1, 0.15) is 12.2 Å². The molecule has 1 aromatic rings. The Balaban J connectivity index is 1.83. The molecule has 1 heterocycles. The van der Waals surface area contributed by atoms with E-state index in [2.05, 4.69) is 5.32 Å². The average molecular weight is 348 g/mol. The highest BCUT2D eigenvalue weighted by Gasteiger charge is 2.27. The van der Waals surface area contributed by atoms with Gasteiger partial charge in [0.2, 0.25) is 0 Å². The molecule has 0 bridgehead atoms. The third-order valence-electron chi connectivity index (χ3n) is 3.86. The van der Waals surface area contributed by atoms with Gasteiger partial charge >= 0.3 is 12.2 Å². The summed E-state index contributed by atoms with van der Waals surface area (Å²) in [7, 11) is 0. The van der Waals surface area contributed by atoms with Gasteiger partial charge in [-0.25, -0.2) is 9.59 Å². The Hall–Kier alpha value is -2.24. The number of ether oxygens (including phenoxy) is 2. The van der Waals surface area contributed by atoms with E-state index in [1.54, 1.807) is 4.90 Å². The Morgan fingerprint density at radius 3 is 2.60 bits per heavy atom. The van der Waals surface area contributed by atoms with Gasteiger partial charge in [-0.2, -0.15) is 0 Å². The molecule has 1 aliphatic heterocycles. The fraction of sp³-hybridized carbons (Fsp3) is 0.579. The Kier molecular flexibility index (Phi) is 6.67. The van der Waals surface area contributed by atoms with Crippen LogP contribution < -0.4 is 5.32 Å². The van der Waals surface area contributed by atoms with Crippen LogP contribution in [0, 0.1) is 0 Å². The summed E-state index contributed by atoms with van der Waals surface area (Å²) in [5.41, 5.74) is 0.412. The van der Waals surface area contributed by atoms with Gasteiger partial charge in [-0.1, -0.05) is 30.3 Å². The van der Waals surface area contributed by atoms with Crippen molar-refractivity contribution in [2.75, 3.05) is 13.1 Å². The summed E-state index contributed by atoms with van der Waals surface area (Å²) in [6, 6.07) is 9.41. The second-order valence-electron chi connectivity index (χ2n) is 7.33. The maximum Gasteiger partial charge on any atom is 0.410 e. The molecule has 1 unspecified atom stereocenters. The number of carbonyl (C=O) groups excluding carboxylic acids is 2. The number of amides is 2. The largest absolute Gasteiger partial charge is 0.445 e. The number of hydrogen-bond acceptors (Lipinski definition) is 4. The average Bonchev–Trinajstić information content (AvgIpc) is 2.78. The molecule has 0 aromatic heterocycles. The summed E-state index contributed by atoms with van der Waals surface area (Å²) in [5, 5.41) is 2.87. The number of hydrogen-bond donors (Lipinski definition) is 1. The Labute approximate surface area is 149 Å². The molecule has 0 saturated carbocycles. The molecule has 138 valence electrons. The van der Waals surface area contributed by atoms with Crippen LogP contribution in [0.2, 0.25) is 0 Å². The predicted molar refractivity (Wildman–Crippen MR) is 95.2 cm³/mol. The molecule has 1 saturated heterocycles. The monoisotopic (exact) mass is 348 g/mol. The maximum atomic E-state index is 12.3. The van der Waals surface area contributed by atoms with Gasteiger partial charge in [0.25, 0.3) is 0 Å². The normalized spacial score (nSPS) is 18.2. The molecule has 0 spiro atoms. The van der Waals surface area contributed by atoms with Crippen molar-refractivity contribution in [2.24, 2.45) is 0 Å². The van der Waals surface area contributed by atoms with Crippen molar-refractivity contribution in [3.8, 4) is 0 Å². The van der Waals surface area contributed by atoms with Gasteiger partial charge in [-0.15, -0.1) is 0 Å². The summed E-state index contributed by atoms with van der Waals surface area (Å²) in [6.45, 7) is 6.86. The molecule has 1 atom stereocenters. The highest BCUT2D eigenvalue weighted by Crippen LogP contribution is 2.15. The first-order valence-corrected chi connectivity index (χ1v) is 8.78. The van der Waals surface area contributed by atoms with Crippen molar-refractivity contribution < 1.29 is 19.1 Å². The second-order valence-corrected chi connectivity index (χ2v) is 7.33. The van der Waals surface area contributed by atoms with Crippen LogP contribution >= 0.6 is 0 Å². The molecule has 1 fully saturated rings. The highest BCUT2D eigenvalue weighted by molar-refractivity contribution is 5.69. The lowest BCUT2D eigenvalue weighted by Gasteiger charge is -2.28. The second kappa shape index (κ2) is 8.74. The molecule has 1 N–H and O–H groups in total. The van der Waals surface area contributed by atoms with Crippen molar-refractivity contribution in [2.45, 2.75) is 58.3 Å². The predicted octanol–water partition coefficient (Wildman–Crippen LogP) is 3.70. The van der Waals surface area contributed by atoms with Gasteiger partial charge in [0, 0.05) is 19.1 Å². The zero-order valence-corrected chi connectivity index (χ0v) is 15.3. The van der Waals surface area contributed by atoms with E-state index in [9.17, 15) is 9.59 Å². The summed E-state index contributed by atoms with van der Waals surface area (Å²) < 4.78 is 10.7. The van der Waals surface area contributed by atoms with E-state index in [4.69, 9.17) is 9.47 Å². The quantitative estimate of drug-likeness (QED) is 0.904. The minimum Gasteiger partial charge on any atom is -0.445 e. The minimum absolute atomic E-state index is 0.127. The van der Waals surface area contributed by atoms with Gasteiger partial charge < -0.3 is 19.7 Å². The summed E-state index contributed by atoms with van der Waals surface area (Å²) in [5.74, 6) is 0. The van der Waals surface area contributed by atoms with Crippen molar-refractivity contribution in [1.82, 2.24) is 10.2 Å². The van der Waals surface area contributed by atoms with E-state index in [-0.39, 0.29) is 18.7 Å².